The third kappa shape index (κ3) is 1.48. The van der Waals surface area contributed by atoms with Gasteiger partial charge in [-0.1, -0.05) is 0 Å². The van der Waals surface area contributed by atoms with Gasteiger partial charge in [0.2, 0.25) is 5.91 Å². The van der Waals surface area contributed by atoms with Crippen molar-refractivity contribution in [3.8, 4) is 0 Å². The standard InChI is InChI=1S/C7H6N4OS/c8-6(12)1-5-4-2-9-3-10-7(4)11-13-5/h2-3H,1H2,(H2,8,12). The Kier molecular flexibility index (Phi) is 1.90. The molecule has 66 valence electrons. The van der Waals surface area contributed by atoms with Crippen LogP contribution in [0.1, 0.15) is 4.88 Å². The lowest BCUT2D eigenvalue weighted by Crippen LogP contribution is -2.12. The van der Waals surface area contributed by atoms with E-state index in [2.05, 4.69) is 14.3 Å². The summed E-state index contributed by atoms with van der Waals surface area (Å²) in [5.41, 5.74) is 5.70. The molecule has 2 N–H and O–H groups in total. The van der Waals surface area contributed by atoms with Gasteiger partial charge >= 0.3 is 0 Å². The number of amides is 1. The van der Waals surface area contributed by atoms with Crippen LogP contribution in [0.5, 0.6) is 0 Å². The molecule has 1 amide bonds. The Morgan fingerprint density at radius 3 is 3.23 bits per heavy atom. The van der Waals surface area contributed by atoms with Crippen molar-refractivity contribution < 1.29 is 4.79 Å². The van der Waals surface area contributed by atoms with E-state index in [0.717, 1.165) is 10.3 Å². The molecule has 0 saturated heterocycles. The number of rotatable bonds is 2. The molecule has 0 radical (unpaired) electrons. The van der Waals surface area contributed by atoms with Gasteiger partial charge in [-0.05, 0) is 11.5 Å². The summed E-state index contributed by atoms with van der Waals surface area (Å²) in [5, 5.41) is 0.811. The maximum atomic E-state index is 10.7. The third-order valence-electron chi connectivity index (χ3n) is 1.57. The Morgan fingerprint density at radius 1 is 1.62 bits per heavy atom. The molecule has 0 fully saturated rings. The molecule has 0 atom stereocenters. The monoisotopic (exact) mass is 194 g/mol. The van der Waals surface area contributed by atoms with Gasteiger partial charge in [0.1, 0.15) is 6.33 Å². The van der Waals surface area contributed by atoms with Crippen LogP contribution in [0.2, 0.25) is 0 Å². The van der Waals surface area contributed by atoms with Gasteiger partial charge in [-0.15, -0.1) is 0 Å². The number of fused-ring (bicyclic) bond motifs is 1. The zero-order valence-electron chi connectivity index (χ0n) is 6.60. The van der Waals surface area contributed by atoms with Gasteiger partial charge in [0.05, 0.1) is 11.8 Å². The van der Waals surface area contributed by atoms with Crippen LogP contribution in [0.15, 0.2) is 12.5 Å². The van der Waals surface area contributed by atoms with Gasteiger partial charge in [-0.3, -0.25) is 4.79 Å². The topological polar surface area (TPSA) is 81.8 Å². The number of hydrogen-bond acceptors (Lipinski definition) is 5. The Hall–Kier alpha value is -1.56. The summed E-state index contributed by atoms with van der Waals surface area (Å²) >= 11 is 1.24. The van der Waals surface area contributed by atoms with Crippen LogP contribution in [0.25, 0.3) is 11.0 Å². The Labute approximate surface area is 77.8 Å². The van der Waals surface area contributed by atoms with Gasteiger partial charge in [-0.2, -0.15) is 4.37 Å². The molecule has 0 spiro atoms. The van der Waals surface area contributed by atoms with Crippen molar-refractivity contribution in [3.63, 3.8) is 0 Å². The normalized spacial score (nSPS) is 10.5. The summed E-state index contributed by atoms with van der Waals surface area (Å²) < 4.78 is 4.05. The smallest absolute Gasteiger partial charge is 0.222 e. The van der Waals surface area contributed by atoms with Crippen LogP contribution in [0.4, 0.5) is 0 Å². The fraction of sp³-hybridized carbons (Fsp3) is 0.143. The second-order valence-electron chi connectivity index (χ2n) is 2.51. The van der Waals surface area contributed by atoms with Gasteiger partial charge in [0.25, 0.3) is 0 Å². The van der Waals surface area contributed by atoms with E-state index in [-0.39, 0.29) is 12.3 Å². The molecule has 0 saturated carbocycles. The minimum atomic E-state index is -0.366. The third-order valence-corrected chi connectivity index (χ3v) is 2.42. The van der Waals surface area contributed by atoms with Gasteiger partial charge in [0.15, 0.2) is 5.65 Å². The van der Waals surface area contributed by atoms with Crippen LogP contribution in [-0.4, -0.2) is 20.2 Å². The molecule has 0 aliphatic rings. The average Bonchev–Trinajstić information content (AvgIpc) is 2.48. The molecule has 2 aromatic heterocycles. The fourth-order valence-electron chi connectivity index (χ4n) is 1.03. The van der Waals surface area contributed by atoms with Crippen LogP contribution in [0.3, 0.4) is 0 Å². The highest BCUT2D eigenvalue weighted by atomic mass is 32.1. The Bertz CT molecular complexity index is 452. The number of nitrogens with two attached hydrogens (primary N) is 1. The van der Waals surface area contributed by atoms with E-state index in [1.807, 2.05) is 0 Å². The highest BCUT2D eigenvalue weighted by molar-refractivity contribution is 7.07. The minimum absolute atomic E-state index is 0.203. The highest BCUT2D eigenvalue weighted by Crippen LogP contribution is 2.19. The lowest BCUT2D eigenvalue weighted by molar-refractivity contribution is -0.117. The zero-order valence-corrected chi connectivity index (χ0v) is 7.41. The maximum absolute atomic E-state index is 10.7. The first-order valence-corrected chi connectivity index (χ1v) is 4.37. The number of aromatic nitrogens is 3. The molecule has 0 bridgehead atoms. The summed E-state index contributed by atoms with van der Waals surface area (Å²) in [7, 11) is 0. The predicted octanol–water partition coefficient (Wildman–Crippen LogP) is 0.114. The van der Waals surface area contributed by atoms with Crippen molar-refractivity contribution in [2.75, 3.05) is 0 Å². The van der Waals surface area contributed by atoms with Crippen molar-refractivity contribution in [3.05, 3.63) is 17.4 Å². The largest absolute Gasteiger partial charge is 0.369 e. The van der Waals surface area contributed by atoms with Crippen LogP contribution in [0, 0.1) is 0 Å². The van der Waals surface area contributed by atoms with Crippen molar-refractivity contribution in [1.29, 1.82) is 0 Å². The first-order chi connectivity index (χ1) is 6.27. The maximum Gasteiger partial charge on any atom is 0.222 e. The molecule has 0 unspecified atom stereocenters. The SMILES string of the molecule is NC(=O)Cc1snc2ncncc12. The summed E-state index contributed by atoms with van der Waals surface area (Å²) in [6, 6.07) is 0. The molecule has 2 heterocycles. The second-order valence-corrected chi connectivity index (χ2v) is 3.37. The summed E-state index contributed by atoms with van der Waals surface area (Å²) in [4.78, 5) is 19.3. The molecule has 0 aromatic carbocycles. The Morgan fingerprint density at radius 2 is 2.46 bits per heavy atom. The highest BCUT2D eigenvalue weighted by Gasteiger charge is 2.08. The van der Waals surface area contributed by atoms with Crippen LogP contribution in [-0.2, 0) is 11.2 Å². The second kappa shape index (κ2) is 3.06. The van der Waals surface area contributed by atoms with Crippen molar-refractivity contribution in [2.45, 2.75) is 6.42 Å². The molecule has 6 heteroatoms. The molecule has 0 aliphatic heterocycles. The molecule has 2 rings (SSSR count). The molecule has 5 nitrogen and oxygen atoms in total. The zero-order chi connectivity index (χ0) is 9.26. The lowest BCUT2D eigenvalue weighted by Gasteiger charge is -1.90. The minimum Gasteiger partial charge on any atom is -0.369 e. The van der Waals surface area contributed by atoms with E-state index in [9.17, 15) is 4.79 Å². The van der Waals surface area contributed by atoms with E-state index in [4.69, 9.17) is 5.73 Å². The average molecular weight is 194 g/mol. The molecular formula is C7H6N4OS. The summed E-state index contributed by atoms with van der Waals surface area (Å²) in [6.45, 7) is 0. The van der Waals surface area contributed by atoms with E-state index in [0.29, 0.717) is 5.65 Å². The molecule has 0 aliphatic carbocycles. The fourth-order valence-corrected chi connectivity index (χ4v) is 1.82. The predicted molar refractivity (Wildman–Crippen MR) is 48.1 cm³/mol. The number of primary amides is 1. The van der Waals surface area contributed by atoms with E-state index >= 15 is 0 Å². The van der Waals surface area contributed by atoms with Crippen LogP contribution >= 0.6 is 11.5 Å². The van der Waals surface area contributed by atoms with Gasteiger partial charge in [0, 0.05) is 11.1 Å². The first kappa shape index (κ1) is 8.06. The summed E-state index contributed by atoms with van der Waals surface area (Å²) in [6.07, 6.45) is 3.27. The lowest BCUT2D eigenvalue weighted by atomic mass is 10.2. The number of hydrogen-bond donors (Lipinski definition) is 1. The molecule has 2 aromatic rings. The number of nitrogens with zero attached hydrogens (tertiary/aromatic N) is 3. The molecule has 13 heavy (non-hydrogen) atoms. The van der Waals surface area contributed by atoms with Gasteiger partial charge in [-0.25, -0.2) is 9.97 Å². The number of carbonyl (C=O) groups is 1. The quantitative estimate of drug-likeness (QED) is 0.735. The Balaban J connectivity index is 2.51. The van der Waals surface area contributed by atoms with E-state index < -0.39 is 0 Å². The summed E-state index contributed by atoms with van der Waals surface area (Å²) in [5.74, 6) is -0.366. The first-order valence-electron chi connectivity index (χ1n) is 3.60. The number of carbonyl (C=O) groups excluding carboxylic acids is 1. The van der Waals surface area contributed by atoms with Crippen molar-refractivity contribution >= 4 is 28.5 Å². The van der Waals surface area contributed by atoms with E-state index in [1.54, 1.807) is 6.20 Å². The van der Waals surface area contributed by atoms with Crippen LogP contribution < -0.4 is 5.73 Å². The van der Waals surface area contributed by atoms with Crippen molar-refractivity contribution in [2.24, 2.45) is 5.73 Å². The van der Waals surface area contributed by atoms with E-state index in [1.165, 1.54) is 17.9 Å². The van der Waals surface area contributed by atoms with Crippen molar-refractivity contribution in [1.82, 2.24) is 14.3 Å². The van der Waals surface area contributed by atoms with Gasteiger partial charge < -0.3 is 5.73 Å². The molecular weight excluding hydrogens is 188 g/mol.